The van der Waals surface area contributed by atoms with Crippen molar-refractivity contribution in [1.29, 1.82) is 0 Å². The summed E-state index contributed by atoms with van der Waals surface area (Å²) in [6, 6.07) is 3.28. The Morgan fingerprint density at radius 2 is 2.07 bits per heavy atom. The maximum absolute atomic E-state index is 11.7. The van der Waals surface area contributed by atoms with Crippen molar-refractivity contribution in [3.8, 4) is 0 Å². The minimum Gasteiger partial charge on any atom is -0.244 e. The van der Waals surface area contributed by atoms with E-state index in [1.807, 2.05) is 13.8 Å². The van der Waals surface area contributed by atoms with Crippen molar-refractivity contribution >= 4 is 17.2 Å². The Morgan fingerprint density at radius 1 is 1.36 bits per heavy atom. The van der Waals surface area contributed by atoms with Crippen LogP contribution in [0.4, 0.5) is 0 Å². The second-order valence-electron chi connectivity index (χ2n) is 3.25. The van der Waals surface area contributed by atoms with Crippen molar-refractivity contribution in [2.75, 3.05) is 0 Å². The molecule has 6 heteroatoms. The highest BCUT2D eigenvalue weighted by atomic mass is 35.5. The summed E-state index contributed by atoms with van der Waals surface area (Å²) in [5, 5.41) is 8.24. The van der Waals surface area contributed by atoms with Gasteiger partial charge in [0.05, 0.1) is 6.04 Å². The maximum Gasteiger partial charge on any atom is 0.367 e. The van der Waals surface area contributed by atoms with E-state index in [2.05, 4.69) is 10.2 Å². The molecule has 0 aliphatic rings. The van der Waals surface area contributed by atoms with Crippen molar-refractivity contribution in [3.63, 3.8) is 0 Å². The molecule has 74 valence electrons. The number of aromatic nitrogens is 4. The number of nitrogens with zero attached hydrogens (tertiary/aromatic N) is 4. The second-order valence-corrected chi connectivity index (χ2v) is 3.63. The zero-order valence-electron chi connectivity index (χ0n) is 7.81. The van der Waals surface area contributed by atoms with Crippen molar-refractivity contribution in [2.45, 2.75) is 19.9 Å². The number of hydrogen-bond donors (Lipinski definition) is 0. The third kappa shape index (κ3) is 1.29. The summed E-state index contributed by atoms with van der Waals surface area (Å²) >= 11 is 5.67. The van der Waals surface area contributed by atoms with Gasteiger partial charge in [0.15, 0.2) is 5.65 Å². The molecule has 0 saturated heterocycles. The lowest BCUT2D eigenvalue weighted by atomic mass is 10.4. The van der Waals surface area contributed by atoms with Crippen molar-refractivity contribution in [3.05, 3.63) is 27.8 Å². The Hall–Kier alpha value is -1.36. The van der Waals surface area contributed by atoms with Gasteiger partial charge in [-0.05, 0) is 26.0 Å². The molecule has 2 aromatic heterocycles. The van der Waals surface area contributed by atoms with Crippen LogP contribution in [0.1, 0.15) is 19.9 Å². The van der Waals surface area contributed by atoms with E-state index >= 15 is 0 Å². The van der Waals surface area contributed by atoms with Crippen molar-refractivity contribution in [1.82, 2.24) is 19.4 Å². The molecule has 0 unspecified atom stereocenters. The fourth-order valence-corrected chi connectivity index (χ4v) is 1.34. The monoisotopic (exact) mass is 212 g/mol. The summed E-state index contributed by atoms with van der Waals surface area (Å²) < 4.78 is 2.57. The minimum absolute atomic E-state index is 0.0166. The summed E-state index contributed by atoms with van der Waals surface area (Å²) in [4.78, 5) is 11.7. The third-order valence-electron chi connectivity index (χ3n) is 1.86. The van der Waals surface area contributed by atoms with Gasteiger partial charge in [0, 0.05) is 0 Å². The Morgan fingerprint density at radius 3 is 2.71 bits per heavy atom. The largest absolute Gasteiger partial charge is 0.367 e. The fraction of sp³-hybridized carbons (Fsp3) is 0.375. The molecule has 0 aromatic carbocycles. The SMILES string of the molecule is CC(C)n1nc2ccc(Cl)nn2c1=O. The average Bonchev–Trinajstić information content (AvgIpc) is 2.44. The van der Waals surface area contributed by atoms with Crippen LogP contribution in [0, 0.1) is 0 Å². The van der Waals surface area contributed by atoms with Crippen LogP contribution < -0.4 is 5.69 Å². The van der Waals surface area contributed by atoms with Crippen LogP contribution >= 0.6 is 11.6 Å². The molecule has 0 bridgehead atoms. The quantitative estimate of drug-likeness (QED) is 0.712. The van der Waals surface area contributed by atoms with Crippen LogP contribution in [0.25, 0.3) is 5.65 Å². The van der Waals surface area contributed by atoms with Gasteiger partial charge in [-0.25, -0.2) is 9.48 Å². The fourth-order valence-electron chi connectivity index (χ4n) is 1.20. The standard InChI is InChI=1S/C8H9ClN4O/c1-5(2)12-8(14)13-7(11-12)4-3-6(9)10-13/h3-5H,1-2H3. The van der Waals surface area contributed by atoms with Crippen LogP contribution in [0.3, 0.4) is 0 Å². The maximum atomic E-state index is 11.7. The van der Waals surface area contributed by atoms with E-state index in [0.717, 1.165) is 0 Å². The number of fused-ring (bicyclic) bond motifs is 1. The summed E-state index contributed by atoms with van der Waals surface area (Å²) in [6.07, 6.45) is 0. The lowest BCUT2D eigenvalue weighted by Gasteiger charge is -1.99. The molecule has 0 aliphatic carbocycles. The summed E-state index contributed by atoms with van der Waals surface area (Å²) in [6.45, 7) is 3.77. The molecule has 0 aliphatic heterocycles. The van der Waals surface area contributed by atoms with Crippen LogP contribution in [-0.4, -0.2) is 19.4 Å². The van der Waals surface area contributed by atoms with Crippen LogP contribution in [0.5, 0.6) is 0 Å². The molecule has 0 saturated carbocycles. The molecule has 2 aromatic rings. The van der Waals surface area contributed by atoms with Gasteiger partial charge in [-0.1, -0.05) is 11.6 Å². The van der Waals surface area contributed by atoms with E-state index in [1.165, 1.54) is 9.20 Å². The summed E-state index contributed by atoms with van der Waals surface area (Å²) in [5.41, 5.74) is 0.241. The highest BCUT2D eigenvalue weighted by Gasteiger charge is 2.09. The minimum atomic E-state index is -0.266. The smallest absolute Gasteiger partial charge is 0.244 e. The predicted molar refractivity (Wildman–Crippen MR) is 52.6 cm³/mol. The highest BCUT2D eigenvalue weighted by molar-refractivity contribution is 6.29. The number of rotatable bonds is 1. The molecule has 0 N–H and O–H groups in total. The second kappa shape index (κ2) is 3.09. The molecule has 2 heterocycles. The first-order valence-corrected chi connectivity index (χ1v) is 4.61. The van der Waals surface area contributed by atoms with Crippen molar-refractivity contribution in [2.24, 2.45) is 0 Å². The topological polar surface area (TPSA) is 52.2 Å². The Kier molecular flexibility index (Phi) is 2.03. The predicted octanol–water partition coefficient (Wildman–Crippen LogP) is 1.13. The zero-order chi connectivity index (χ0) is 10.3. The van der Waals surface area contributed by atoms with Gasteiger partial charge in [-0.15, -0.1) is 10.2 Å². The van der Waals surface area contributed by atoms with Crippen LogP contribution in [-0.2, 0) is 0 Å². The molecule has 14 heavy (non-hydrogen) atoms. The zero-order valence-corrected chi connectivity index (χ0v) is 8.56. The Labute approximate surface area is 84.9 Å². The van der Waals surface area contributed by atoms with Gasteiger partial charge in [-0.2, -0.15) is 4.52 Å². The normalized spacial score (nSPS) is 11.4. The van der Waals surface area contributed by atoms with Crippen LogP contribution in [0.2, 0.25) is 5.15 Å². The molecular weight excluding hydrogens is 204 g/mol. The van der Waals surface area contributed by atoms with E-state index in [9.17, 15) is 4.79 Å². The molecule has 0 fully saturated rings. The van der Waals surface area contributed by atoms with Gasteiger partial charge < -0.3 is 0 Å². The molecular formula is C8H9ClN4O. The van der Waals surface area contributed by atoms with Gasteiger partial charge in [0.25, 0.3) is 0 Å². The van der Waals surface area contributed by atoms with Gasteiger partial charge in [-0.3, -0.25) is 0 Å². The van der Waals surface area contributed by atoms with Gasteiger partial charge in [0.2, 0.25) is 0 Å². The summed E-state index contributed by atoms with van der Waals surface area (Å²) in [5.74, 6) is 0. The van der Waals surface area contributed by atoms with E-state index < -0.39 is 0 Å². The average molecular weight is 213 g/mol. The molecule has 0 amide bonds. The van der Waals surface area contributed by atoms with Gasteiger partial charge in [0.1, 0.15) is 5.15 Å². The number of hydrogen-bond acceptors (Lipinski definition) is 3. The van der Waals surface area contributed by atoms with Crippen LogP contribution in [0.15, 0.2) is 16.9 Å². The van der Waals surface area contributed by atoms with E-state index in [-0.39, 0.29) is 16.9 Å². The molecule has 5 nitrogen and oxygen atoms in total. The number of halogens is 1. The Bertz CT molecular complexity index is 528. The molecule has 0 radical (unpaired) electrons. The van der Waals surface area contributed by atoms with E-state index in [0.29, 0.717) is 5.65 Å². The first-order chi connectivity index (χ1) is 6.59. The molecule has 0 spiro atoms. The van der Waals surface area contributed by atoms with Crippen molar-refractivity contribution < 1.29 is 0 Å². The van der Waals surface area contributed by atoms with Gasteiger partial charge >= 0.3 is 5.69 Å². The van der Waals surface area contributed by atoms with E-state index in [4.69, 9.17) is 11.6 Å². The summed E-state index contributed by atoms with van der Waals surface area (Å²) in [7, 11) is 0. The lowest BCUT2D eigenvalue weighted by Crippen LogP contribution is -2.23. The molecule has 2 rings (SSSR count). The lowest BCUT2D eigenvalue weighted by molar-refractivity contribution is 0.511. The third-order valence-corrected chi connectivity index (χ3v) is 2.06. The first-order valence-electron chi connectivity index (χ1n) is 4.23. The van der Waals surface area contributed by atoms with E-state index in [1.54, 1.807) is 12.1 Å². The highest BCUT2D eigenvalue weighted by Crippen LogP contribution is 2.05. The Balaban J connectivity index is 2.81. The first kappa shape index (κ1) is 9.21. The molecule has 0 atom stereocenters.